The number of para-hydroxylation sites is 1. The number of anilines is 2. The van der Waals surface area contributed by atoms with Gasteiger partial charge in [0.15, 0.2) is 0 Å². The third-order valence-electron chi connectivity index (χ3n) is 14.9. The number of carbonyl (C=O) groups is 2. The summed E-state index contributed by atoms with van der Waals surface area (Å²) in [5.74, 6) is -3.38. The number of benzene rings is 6. The van der Waals surface area contributed by atoms with Crippen LogP contribution in [0.15, 0.2) is 172 Å². The van der Waals surface area contributed by atoms with Crippen LogP contribution < -0.4 is 26.0 Å². The average Bonchev–Trinajstić information content (AvgIpc) is 3.60. The molecule has 17 nitrogen and oxygen atoms in total. The SMILES string of the molecule is Cc1ccc(N(Cc2ccc(-c3nnc(C(F)F)o3)cc2F)C(=O)NCCN2CCN(C/C=C/c3ccccc3)CC2)cc1.O=C(NCCN1CCN(CCc2ccccc2)CC1)N(Cc1ccc(C2=NNN=C(C(F)F)O2)cc1F)c1ccccc1. The molecule has 3 N–H and O–H groups in total. The number of carbonyl (C=O) groups excluding carboxylic acids is 2. The van der Waals surface area contributed by atoms with Crippen molar-refractivity contribution in [3.05, 3.63) is 209 Å². The van der Waals surface area contributed by atoms with Gasteiger partial charge >= 0.3 is 24.9 Å². The number of rotatable bonds is 22. The van der Waals surface area contributed by atoms with Crippen molar-refractivity contribution in [2.24, 2.45) is 10.2 Å². The highest BCUT2D eigenvalue weighted by molar-refractivity contribution is 6.03. The molecule has 456 valence electrons. The van der Waals surface area contributed by atoms with E-state index in [1.165, 1.54) is 45.2 Å². The van der Waals surface area contributed by atoms with Crippen molar-refractivity contribution in [2.75, 3.05) is 101 Å². The zero-order valence-corrected chi connectivity index (χ0v) is 48.1. The molecule has 0 spiro atoms. The number of halogens is 6. The summed E-state index contributed by atoms with van der Waals surface area (Å²) >= 11 is 0. The van der Waals surface area contributed by atoms with Crippen LogP contribution in [-0.4, -0.2) is 152 Å². The van der Waals surface area contributed by atoms with E-state index in [0.29, 0.717) is 37.6 Å². The van der Waals surface area contributed by atoms with E-state index in [1.807, 2.05) is 61.5 Å². The molecule has 0 radical (unpaired) electrons. The molecule has 3 aliphatic heterocycles. The van der Waals surface area contributed by atoms with Crippen LogP contribution in [0.25, 0.3) is 17.5 Å². The minimum atomic E-state index is -2.95. The van der Waals surface area contributed by atoms with Gasteiger partial charge in [-0.3, -0.25) is 24.5 Å². The molecule has 0 unspecified atom stereocenters. The second-order valence-corrected chi connectivity index (χ2v) is 20.9. The molecule has 0 aliphatic carbocycles. The number of hydrogen-bond acceptors (Lipinski definition) is 13. The lowest BCUT2D eigenvalue weighted by molar-refractivity contribution is 0.116. The topological polar surface area (TPSA) is 163 Å². The maximum absolute atomic E-state index is 15.2. The average molecular weight is 1200 g/mol. The van der Waals surface area contributed by atoms with Crippen molar-refractivity contribution in [2.45, 2.75) is 39.3 Å². The van der Waals surface area contributed by atoms with Crippen molar-refractivity contribution < 1.29 is 45.1 Å². The lowest BCUT2D eigenvalue weighted by Gasteiger charge is -2.35. The van der Waals surface area contributed by atoms with E-state index in [4.69, 9.17) is 9.15 Å². The predicted octanol–water partition coefficient (Wildman–Crippen LogP) is 10.4. The first-order chi connectivity index (χ1) is 42.3. The summed E-state index contributed by atoms with van der Waals surface area (Å²) in [5, 5.41) is 19.8. The first-order valence-electron chi connectivity index (χ1n) is 28.7. The largest absolute Gasteiger partial charge is 0.415 e. The van der Waals surface area contributed by atoms with E-state index in [-0.39, 0.29) is 59.2 Å². The van der Waals surface area contributed by atoms with Crippen LogP contribution in [-0.2, 0) is 24.2 Å². The van der Waals surface area contributed by atoms with Crippen LogP contribution >= 0.6 is 0 Å². The van der Waals surface area contributed by atoms with Crippen LogP contribution in [0, 0.1) is 18.6 Å². The predicted molar refractivity (Wildman–Crippen MR) is 323 cm³/mol. The Bertz CT molecular complexity index is 3400. The number of amides is 4. The number of aromatic nitrogens is 2. The Morgan fingerprint density at radius 3 is 1.67 bits per heavy atom. The zero-order valence-electron chi connectivity index (χ0n) is 48.1. The summed E-state index contributed by atoms with van der Waals surface area (Å²) < 4.78 is 91.9. The van der Waals surface area contributed by atoms with Gasteiger partial charge in [-0.25, -0.2) is 18.4 Å². The molecule has 1 aromatic heterocycles. The van der Waals surface area contributed by atoms with E-state index < -0.39 is 36.3 Å². The summed E-state index contributed by atoms with van der Waals surface area (Å²) in [5.41, 5.74) is 7.70. The number of hydrogen-bond donors (Lipinski definition) is 3. The number of aryl methyl sites for hydroxylation is 1. The summed E-state index contributed by atoms with van der Waals surface area (Å²) in [6.45, 7) is 13.6. The van der Waals surface area contributed by atoms with E-state index in [9.17, 15) is 27.2 Å². The molecule has 0 bridgehead atoms. The van der Waals surface area contributed by atoms with E-state index in [2.05, 4.69) is 105 Å². The summed E-state index contributed by atoms with van der Waals surface area (Å²) in [7, 11) is 0. The first kappa shape index (κ1) is 62.6. The molecule has 0 atom stereocenters. The van der Waals surface area contributed by atoms with Crippen molar-refractivity contribution in [1.82, 2.24) is 46.0 Å². The Kier molecular flexibility index (Phi) is 22.7. The lowest BCUT2D eigenvalue weighted by Crippen LogP contribution is -2.49. The minimum absolute atomic E-state index is 0.0394. The molecule has 87 heavy (non-hydrogen) atoms. The van der Waals surface area contributed by atoms with Gasteiger partial charge in [-0.1, -0.05) is 121 Å². The second kappa shape index (κ2) is 31.5. The highest BCUT2D eigenvalue weighted by Gasteiger charge is 2.26. The quantitative estimate of drug-likeness (QED) is 0.0554. The molecular formula is C64H69F6N13O4. The van der Waals surface area contributed by atoms with E-state index >= 15 is 8.78 Å². The lowest BCUT2D eigenvalue weighted by atomic mass is 10.1. The number of ether oxygens (including phenoxy) is 1. The van der Waals surface area contributed by atoms with Crippen molar-refractivity contribution in [1.29, 1.82) is 0 Å². The van der Waals surface area contributed by atoms with Crippen molar-refractivity contribution in [3.63, 3.8) is 0 Å². The molecule has 7 aromatic rings. The second-order valence-electron chi connectivity index (χ2n) is 20.9. The van der Waals surface area contributed by atoms with Crippen LogP contribution in [0.2, 0.25) is 0 Å². The third-order valence-corrected chi connectivity index (χ3v) is 14.9. The van der Waals surface area contributed by atoms with E-state index in [0.717, 1.165) is 89.6 Å². The van der Waals surface area contributed by atoms with Gasteiger partial charge < -0.3 is 24.7 Å². The van der Waals surface area contributed by atoms with Gasteiger partial charge in [-0.05, 0) is 73.0 Å². The third kappa shape index (κ3) is 18.6. The molecular weight excluding hydrogens is 1130 g/mol. The van der Waals surface area contributed by atoms with Gasteiger partial charge in [0.1, 0.15) is 11.6 Å². The summed E-state index contributed by atoms with van der Waals surface area (Å²) in [6, 6.07) is 44.7. The van der Waals surface area contributed by atoms with Gasteiger partial charge in [-0.2, -0.15) is 23.1 Å². The zero-order chi connectivity index (χ0) is 60.9. The fraction of sp³-hybridized carbons (Fsp3) is 0.312. The van der Waals surface area contributed by atoms with Crippen molar-refractivity contribution in [3.8, 4) is 11.5 Å². The monoisotopic (exact) mass is 1200 g/mol. The number of nitrogens with one attached hydrogen (secondary N) is 3. The maximum Gasteiger partial charge on any atom is 0.322 e. The van der Waals surface area contributed by atoms with Gasteiger partial charge in [0.2, 0.25) is 11.8 Å². The molecule has 2 fully saturated rings. The summed E-state index contributed by atoms with van der Waals surface area (Å²) in [6.07, 6.45) is -0.505. The molecule has 4 amide bonds. The Balaban J connectivity index is 0.000000208. The van der Waals surface area contributed by atoms with Gasteiger partial charge in [0.25, 0.3) is 11.8 Å². The number of nitrogens with zero attached hydrogens (tertiary/aromatic N) is 10. The smallest absolute Gasteiger partial charge is 0.322 e. The van der Waals surface area contributed by atoms with E-state index in [1.54, 1.807) is 24.3 Å². The molecule has 2 saturated heterocycles. The molecule has 10 rings (SSSR count). The van der Waals surface area contributed by atoms with Crippen LogP contribution in [0.4, 0.5) is 47.3 Å². The highest BCUT2D eigenvalue weighted by Crippen LogP contribution is 2.27. The maximum atomic E-state index is 15.2. The van der Waals surface area contributed by atoms with Gasteiger partial charge in [0, 0.05) is 125 Å². The molecule has 23 heteroatoms. The standard InChI is InChI=1S/C33H35F3N6O2.C31H34F3N7O2/c1-24-9-13-28(14-10-24)42(23-27-12-11-26(22-29(27)34)31-38-39-32(44-31)30(35)36)33(43)37-15-17-41-20-18-40(19-21-41)16-5-8-25-6-3-2-4-7-25;32-27-21-24(29-36-38-37-30(43-29)28(33)34)11-12-25(27)22-41(26-9-5-2-6-10-26)31(42)35-14-16-40-19-17-39(18-20-40)15-13-23-7-3-1-4-8-23/h2-14,22,30H,15-21,23H2,1H3,(H,37,43);1-12,21,28,38H,13-20,22H2,(H,35,42)/b8-5+;. The Morgan fingerprint density at radius 2 is 1.11 bits per heavy atom. The fourth-order valence-corrected chi connectivity index (χ4v) is 9.87. The molecule has 6 aromatic carbocycles. The van der Waals surface area contributed by atoms with Gasteiger partial charge in [0.05, 0.1) is 13.1 Å². The highest BCUT2D eigenvalue weighted by atomic mass is 19.3. The fourth-order valence-electron chi connectivity index (χ4n) is 9.87. The van der Waals surface area contributed by atoms with Crippen molar-refractivity contribution >= 4 is 41.3 Å². The Hall–Kier alpha value is -8.90. The number of hydrazone groups is 2. The number of urea groups is 2. The van der Waals surface area contributed by atoms with Crippen LogP contribution in [0.5, 0.6) is 0 Å². The normalized spacial score (nSPS) is 15.0. The summed E-state index contributed by atoms with van der Waals surface area (Å²) in [4.78, 5) is 39.2. The molecule has 4 heterocycles. The van der Waals surface area contributed by atoms with Crippen LogP contribution in [0.1, 0.15) is 45.7 Å². The van der Waals surface area contributed by atoms with Gasteiger partial charge in [-0.15, -0.1) is 20.4 Å². The minimum Gasteiger partial charge on any atom is -0.415 e. The number of piperazine rings is 2. The molecule has 3 aliphatic rings. The number of alkyl halides is 4. The first-order valence-corrected chi connectivity index (χ1v) is 28.7. The Morgan fingerprint density at radius 1 is 0.598 bits per heavy atom. The molecule has 0 saturated carbocycles. The Labute approximate surface area is 501 Å². The van der Waals surface area contributed by atoms with Crippen LogP contribution in [0.3, 0.4) is 0 Å².